The van der Waals surface area contributed by atoms with Gasteiger partial charge in [-0.25, -0.2) is 9.37 Å². The highest BCUT2D eigenvalue weighted by molar-refractivity contribution is 6.29. The molecule has 0 saturated heterocycles. The Morgan fingerprint density at radius 1 is 1.47 bits per heavy atom. The van der Waals surface area contributed by atoms with E-state index in [1.165, 1.54) is 0 Å². The van der Waals surface area contributed by atoms with Crippen molar-refractivity contribution >= 4 is 22.5 Å². The lowest BCUT2D eigenvalue weighted by Gasteiger charge is -2.06. The molecule has 1 aromatic heterocycles. The van der Waals surface area contributed by atoms with Gasteiger partial charge in [0.25, 0.3) is 0 Å². The van der Waals surface area contributed by atoms with Gasteiger partial charge < -0.3 is 5.11 Å². The molecule has 0 amide bonds. The zero-order valence-corrected chi connectivity index (χ0v) is 8.85. The Morgan fingerprint density at radius 3 is 2.87 bits per heavy atom. The number of aryl methyl sites for hydroxylation is 1. The van der Waals surface area contributed by atoms with E-state index in [9.17, 15) is 4.39 Å². The van der Waals surface area contributed by atoms with Crippen LogP contribution < -0.4 is 0 Å². The van der Waals surface area contributed by atoms with Crippen LogP contribution in [0.3, 0.4) is 0 Å². The van der Waals surface area contributed by atoms with Gasteiger partial charge in [-0.15, -0.1) is 0 Å². The molecule has 2 aromatic rings. The maximum Gasteiger partial charge on any atom is 0.152 e. The van der Waals surface area contributed by atoms with Crippen molar-refractivity contribution in [3.05, 3.63) is 40.3 Å². The topological polar surface area (TPSA) is 33.1 Å². The van der Waals surface area contributed by atoms with Gasteiger partial charge in [-0.2, -0.15) is 0 Å². The highest BCUT2D eigenvalue weighted by Gasteiger charge is 2.10. The monoisotopic (exact) mass is 225 g/mol. The first-order valence-corrected chi connectivity index (χ1v) is 4.86. The summed E-state index contributed by atoms with van der Waals surface area (Å²) in [6.07, 6.45) is 0. The van der Waals surface area contributed by atoms with E-state index in [0.717, 1.165) is 0 Å². The Morgan fingerprint density at radius 2 is 2.20 bits per heavy atom. The third kappa shape index (κ3) is 1.68. The van der Waals surface area contributed by atoms with Crippen molar-refractivity contribution in [2.75, 3.05) is 0 Å². The molecule has 0 aliphatic carbocycles. The van der Waals surface area contributed by atoms with E-state index >= 15 is 0 Å². The highest BCUT2D eigenvalue weighted by atomic mass is 35.5. The summed E-state index contributed by atoms with van der Waals surface area (Å²) in [5.41, 5.74) is 1.32. The number of aromatic nitrogens is 1. The average molecular weight is 226 g/mol. The SMILES string of the molecule is Cc1ccc2c(CO)cc(Cl)nc2c1F. The maximum atomic E-state index is 13.7. The lowest BCUT2D eigenvalue weighted by atomic mass is 10.1. The van der Waals surface area contributed by atoms with Crippen LogP contribution >= 0.6 is 11.6 Å². The Labute approximate surface area is 91.3 Å². The maximum absolute atomic E-state index is 13.7. The zero-order chi connectivity index (χ0) is 11.0. The van der Waals surface area contributed by atoms with Crippen LogP contribution in [0.4, 0.5) is 4.39 Å². The minimum atomic E-state index is -0.385. The molecule has 1 N–H and O–H groups in total. The highest BCUT2D eigenvalue weighted by Crippen LogP contribution is 2.24. The van der Waals surface area contributed by atoms with Crippen LogP contribution in [0.1, 0.15) is 11.1 Å². The van der Waals surface area contributed by atoms with Gasteiger partial charge in [0.15, 0.2) is 5.82 Å². The van der Waals surface area contributed by atoms with Gasteiger partial charge in [-0.1, -0.05) is 23.7 Å². The third-order valence-electron chi connectivity index (χ3n) is 2.34. The molecular formula is C11H9ClFNO. The molecule has 0 atom stereocenters. The van der Waals surface area contributed by atoms with E-state index in [2.05, 4.69) is 4.98 Å². The summed E-state index contributed by atoms with van der Waals surface area (Å²) < 4.78 is 13.7. The van der Waals surface area contributed by atoms with Gasteiger partial charge in [-0.05, 0) is 24.1 Å². The van der Waals surface area contributed by atoms with E-state index in [-0.39, 0.29) is 23.1 Å². The van der Waals surface area contributed by atoms with E-state index < -0.39 is 0 Å². The fourth-order valence-electron chi connectivity index (χ4n) is 1.53. The van der Waals surface area contributed by atoms with Crippen LogP contribution in [0.15, 0.2) is 18.2 Å². The van der Waals surface area contributed by atoms with Gasteiger partial charge >= 0.3 is 0 Å². The predicted molar refractivity (Wildman–Crippen MR) is 57.4 cm³/mol. The fourth-order valence-corrected chi connectivity index (χ4v) is 1.74. The van der Waals surface area contributed by atoms with Gasteiger partial charge in [0, 0.05) is 5.39 Å². The van der Waals surface area contributed by atoms with E-state index in [0.29, 0.717) is 16.5 Å². The summed E-state index contributed by atoms with van der Waals surface area (Å²) in [6, 6.07) is 4.94. The number of benzene rings is 1. The lowest BCUT2D eigenvalue weighted by Crippen LogP contribution is -1.94. The van der Waals surface area contributed by atoms with Crippen molar-refractivity contribution in [1.29, 1.82) is 0 Å². The molecule has 0 unspecified atom stereocenters. The number of nitrogens with zero attached hydrogens (tertiary/aromatic N) is 1. The smallest absolute Gasteiger partial charge is 0.152 e. The standard InChI is InChI=1S/C11H9ClFNO/c1-6-2-3-8-7(5-15)4-9(12)14-11(8)10(6)13/h2-4,15H,5H2,1H3. The first kappa shape index (κ1) is 10.3. The van der Waals surface area contributed by atoms with Gasteiger partial charge in [-0.3, -0.25) is 0 Å². The number of fused-ring (bicyclic) bond motifs is 1. The second-order valence-electron chi connectivity index (χ2n) is 3.35. The Bertz CT molecular complexity index is 527. The number of rotatable bonds is 1. The third-order valence-corrected chi connectivity index (χ3v) is 2.53. The molecule has 78 valence electrons. The van der Waals surface area contributed by atoms with Crippen molar-refractivity contribution < 1.29 is 9.50 Å². The van der Waals surface area contributed by atoms with Crippen molar-refractivity contribution in [3.63, 3.8) is 0 Å². The predicted octanol–water partition coefficient (Wildman–Crippen LogP) is 2.83. The molecule has 4 heteroatoms. The van der Waals surface area contributed by atoms with Crippen LogP contribution in [-0.2, 0) is 6.61 Å². The molecule has 0 spiro atoms. The van der Waals surface area contributed by atoms with E-state index in [4.69, 9.17) is 16.7 Å². The largest absolute Gasteiger partial charge is 0.392 e. The number of hydrogen-bond donors (Lipinski definition) is 1. The molecular weight excluding hydrogens is 217 g/mol. The van der Waals surface area contributed by atoms with Crippen molar-refractivity contribution in [3.8, 4) is 0 Å². The lowest BCUT2D eigenvalue weighted by molar-refractivity contribution is 0.283. The molecule has 15 heavy (non-hydrogen) atoms. The normalized spacial score (nSPS) is 10.9. The molecule has 1 heterocycles. The molecule has 0 bridgehead atoms. The van der Waals surface area contributed by atoms with Crippen LogP contribution in [0.5, 0.6) is 0 Å². The van der Waals surface area contributed by atoms with Crippen molar-refractivity contribution in [2.45, 2.75) is 13.5 Å². The minimum absolute atomic E-state index is 0.179. The quantitative estimate of drug-likeness (QED) is 0.757. The number of aliphatic hydroxyl groups is 1. The number of hydrogen-bond acceptors (Lipinski definition) is 2. The second kappa shape index (κ2) is 3.76. The number of pyridine rings is 1. The number of halogens is 2. The first-order valence-electron chi connectivity index (χ1n) is 4.48. The van der Waals surface area contributed by atoms with Crippen LogP contribution in [0, 0.1) is 12.7 Å². The first-order chi connectivity index (χ1) is 7.13. The van der Waals surface area contributed by atoms with Crippen LogP contribution in [0.25, 0.3) is 10.9 Å². The molecule has 0 aliphatic rings. The summed E-state index contributed by atoms with van der Waals surface area (Å²) >= 11 is 5.74. The summed E-state index contributed by atoms with van der Waals surface area (Å²) in [4.78, 5) is 3.92. The van der Waals surface area contributed by atoms with E-state index in [1.54, 1.807) is 25.1 Å². The molecule has 0 radical (unpaired) electrons. The summed E-state index contributed by atoms with van der Waals surface area (Å²) in [6.45, 7) is 1.48. The second-order valence-corrected chi connectivity index (χ2v) is 3.74. The van der Waals surface area contributed by atoms with Gasteiger partial charge in [0.1, 0.15) is 10.7 Å². The Hall–Kier alpha value is -1.19. The Balaban J connectivity index is 2.89. The Kier molecular flexibility index (Phi) is 2.59. The zero-order valence-electron chi connectivity index (χ0n) is 8.09. The van der Waals surface area contributed by atoms with Gasteiger partial charge in [0.05, 0.1) is 6.61 Å². The molecule has 2 rings (SSSR count). The van der Waals surface area contributed by atoms with E-state index in [1.807, 2.05) is 0 Å². The number of aliphatic hydroxyl groups excluding tert-OH is 1. The molecule has 0 saturated carbocycles. The van der Waals surface area contributed by atoms with Gasteiger partial charge in [0.2, 0.25) is 0 Å². The average Bonchev–Trinajstić information content (AvgIpc) is 2.23. The fraction of sp³-hybridized carbons (Fsp3) is 0.182. The van der Waals surface area contributed by atoms with Crippen molar-refractivity contribution in [2.24, 2.45) is 0 Å². The molecule has 2 nitrogen and oxygen atoms in total. The van der Waals surface area contributed by atoms with Crippen LogP contribution in [-0.4, -0.2) is 10.1 Å². The summed E-state index contributed by atoms with van der Waals surface area (Å²) in [7, 11) is 0. The minimum Gasteiger partial charge on any atom is -0.392 e. The molecule has 0 aliphatic heterocycles. The van der Waals surface area contributed by atoms with Crippen molar-refractivity contribution in [1.82, 2.24) is 4.98 Å². The summed E-state index contributed by atoms with van der Waals surface area (Å²) in [5, 5.41) is 9.90. The molecule has 1 aromatic carbocycles. The molecule has 0 fully saturated rings. The summed E-state index contributed by atoms with van der Waals surface area (Å²) in [5.74, 6) is -0.385. The van der Waals surface area contributed by atoms with Crippen LogP contribution in [0.2, 0.25) is 5.15 Å².